The average Bonchev–Trinajstić information content (AvgIpc) is 3.03. The van der Waals surface area contributed by atoms with Gasteiger partial charge in [-0.1, -0.05) is 36.4 Å². The van der Waals surface area contributed by atoms with Gasteiger partial charge >= 0.3 is 12.4 Å². The van der Waals surface area contributed by atoms with Crippen LogP contribution in [0, 0.1) is 18.6 Å². The van der Waals surface area contributed by atoms with E-state index in [1.54, 1.807) is 49.4 Å². The highest BCUT2D eigenvalue weighted by atomic mass is 19.4. The third-order valence-electron chi connectivity index (χ3n) is 6.91. The van der Waals surface area contributed by atoms with Crippen molar-refractivity contribution in [2.75, 3.05) is 10.6 Å². The lowest BCUT2D eigenvalue weighted by Crippen LogP contribution is -2.13. The number of hydrogen-bond acceptors (Lipinski definition) is 6. The van der Waals surface area contributed by atoms with Crippen LogP contribution in [0.25, 0.3) is 21.8 Å². The number of nitrogens with zero attached hydrogens (tertiary/aromatic N) is 4. The van der Waals surface area contributed by atoms with Gasteiger partial charge in [-0.3, -0.25) is 0 Å². The Hall–Kier alpha value is -5.40. The molecular weight excluding hydrogens is 632 g/mol. The van der Waals surface area contributed by atoms with Crippen LogP contribution in [0.4, 0.5) is 46.8 Å². The molecule has 47 heavy (non-hydrogen) atoms. The molecule has 242 valence electrons. The molecule has 0 saturated heterocycles. The Morgan fingerprint density at radius 3 is 1.62 bits per heavy atom. The van der Waals surface area contributed by atoms with Crippen molar-refractivity contribution in [2.45, 2.75) is 32.4 Å². The lowest BCUT2D eigenvalue weighted by atomic mass is 10.1. The van der Waals surface area contributed by atoms with Crippen LogP contribution in [-0.2, 0) is 25.4 Å². The van der Waals surface area contributed by atoms with E-state index in [0.29, 0.717) is 51.4 Å². The maximum atomic E-state index is 13.2. The molecule has 14 heteroatoms. The fourth-order valence-electron chi connectivity index (χ4n) is 4.76. The molecule has 2 heterocycles. The number of fused-ring (bicyclic) bond motifs is 2. The minimum Gasteiger partial charge on any atom is -0.365 e. The van der Waals surface area contributed by atoms with Crippen molar-refractivity contribution in [3.05, 3.63) is 131 Å². The lowest BCUT2D eigenvalue weighted by Gasteiger charge is -2.15. The SMILES string of the molecule is Cc1nc(NCc2ccc(F)cc2C(F)(F)F)c2ccccc2n1.Fc1ccc(CNc2ncnc3ccccc23)c(C(F)(F)F)c1. The summed E-state index contributed by atoms with van der Waals surface area (Å²) in [5, 5.41) is 7.17. The Kier molecular flexibility index (Phi) is 9.49. The van der Waals surface area contributed by atoms with Gasteiger partial charge in [-0.05, 0) is 66.6 Å². The number of aryl methyl sites for hydroxylation is 1. The van der Waals surface area contributed by atoms with E-state index in [1.807, 2.05) is 6.07 Å². The molecule has 0 spiro atoms. The van der Waals surface area contributed by atoms with Crippen LogP contribution >= 0.6 is 0 Å². The highest BCUT2D eigenvalue weighted by molar-refractivity contribution is 5.89. The predicted octanol–water partition coefficient (Wildman–Crippen LogP) is 9.11. The Balaban J connectivity index is 0.000000185. The topological polar surface area (TPSA) is 75.6 Å². The number of hydrogen-bond donors (Lipinski definition) is 2. The average molecular weight is 657 g/mol. The first-order valence-electron chi connectivity index (χ1n) is 13.9. The summed E-state index contributed by atoms with van der Waals surface area (Å²) in [7, 11) is 0. The number of benzene rings is 4. The molecular formula is C33H24F8N6. The minimum absolute atomic E-state index is 0.0516. The molecule has 0 bridgehead atoms. The van der Waals surface area contributed by atoms with E-state index in [9.17, 15) is 35.1 Å². The number of para-hydroxylation sites is 2. The van der Waals surface area contributed by atoms with Crippen molar-refractivity contribution >= 4 is 33.4 Å². The maximum absolute atomic E-state index is 13.2. The van der Waals surface area contributed by atoms with Gasteiger partial charge in [0.25, 0.3) is 0 Å². The highest BCUT2D eigenvalue weighted by Crippen LogP contribution is 2.34. The number of halogens is 8. The van der Waals surface area contributed by atoms with E-state index >= 15 is 0 Å². The first kappa shape index (κ1) is 33.0. The molecule has 0 fully saturated rings. The lowest BCUT2D eigenvalue weighted by molar-refractivity contribution is -0.139. The molecule has 0 radical (unpaired) electrons. The minimum atomic E-state index is -4.62. The van der Waals surface area contributed by atoms with Crippen LogP contribution in [0.2, 0.25) is 0 Å². The second-order valence-electron chi connectivity index (χ2n) is 10.2. The van der Waals surface area contributed by atoms with Crippen LogP contribution in [0.15, 0.2) is 91.3 Å². The highest BCUT2D eigenvalue weighted by Gasteiger charge is 2.34. The van der Waals surface area contributed by atoms with Crippen molar-refractivity contribution in [1.29, 1.82) is 0 Å². The van der Waals surface area contributed by atoms with E-state index in [1.165, 1.54) is 6.33 Å². The Labute approximate surface area is 262 Å². The van der Waals surface area contributed by atoms with E-state index in [-0.39, 0.29) is 24.2 Å². The standard InChI is InChI=1S/C17H13F4N3.C16H11F4N3/c1-10-23-15-5-3-2-4-13(15)16(24-10)22-9-11-6-7-12(18)8-14(11)17(19,20)21;17-11-6-5-10(13(7-11)16(18,19)20)8-21-15-12-3-1-2-4-14(12)22-9-23-15/h2-8H,9H2,1H3,(H,22,23,24);1-7,9H,8H2,(H,21,22,23). The van der Waals surface area contributed by atoms with E-state index in [4.69, 9.17) is 0 Å². The van der Waals surface area contributed by atoms with Crippen molar-refractivity contribution in [1.82, 2.24) is 19.9 Å². The first-order valence-corrected chi connectivity index (χ1v) is 13.9. The fourth-order valence-corrected chi connectivity index (χ4v) is 4.76. The number of rotatable bonds is 6. The number of alkyl halides is 6. The van der Waals surface area contributed by atoms with Gasteiger partial charge in [0.15, 0.2) is 0 Å². The molecule has 0 aliphatic carbocycles. The van der Waals surface area contributed by atoms with Crippen LogP contribution in [0.5, 0.6) is 0 Å². The van der Waals surface area contributed by atoms with E-state index in [2.05, 4.69) is 30.6 Å². The van der Waals surface area contributed by atoms with Crippen molar-refractivity contribution < 1.29 is 35.1 Å². The summed E-state index contributed by atoms with van der Waals surface area (Å²) in [6, 6.07) is 19.6. The zero-order valence-corrected chi connectivity index (χ0v) is 24.4. The molecule has 2 aromatic heterocycles. The number of aromatic nitrogens is 4. The van der Waals surface area contributed by atoms with Gasteiger partial charge in [-0.25, -0.2) is 28.7 Å². The second-order valence-corrected chi connectivity index (χ2v) is 10.2. The summed E-state index contributed by atoms with van der Waals surface area (Å²) in [6.45, 7) is 1.45. The third-order valence-corrected chi connectivity index (χ3v) is 6.91. The van der Waals surface area contributed by atoms with Gasteiger partial charge in [0.2, 0.25) is 0 Å². The van der Waals surface area contributed by atoms with Crippen LogP contribution in [0.3, 0.4) is 0 Å². The molecule has 6 aromatic rings. The largest absolute Gasteiger partial charge is 0.416 e. The third kappa shape index (κ3) is 8.07. The van der Waals surface area contributed by atoms with Crippen LogP contribution in [-0.4, -0.2) is 19.9 Å². The van der Waals surface area contributed by atoms with Gasteiger partial charge in [0.1, 0.15) is 35.4 Å². The van der Waals surface area contributed by atoms with Crippen molar-refractivity contribution in [2.24, 2.45) is 0 Å². The zero-order valence-electron chi connectivity index (χ0n) is 24.4. The van der Waals surface area contributed by atoms with Gasteiger partial charge < -0.3 is 10.6 Å². The van der Waals surface area contributed by atoms with E-state index < -0.39 is 35.1 Å². The quantitative estimate of drug-likeness (QED) is 0.174. The molecule has 0 unspecified atom stereocenters. The monoisotopic (exact) mass is 656 g/mol. The zero-order chi connectivity index (χ0) is 33.8. The maximum Gasteiger partial charge on any atom is 0.416 e. The molecule has 4 aromatic carbocycles. The molecule has 0 atom stereocenters. The Bertz CT molecular complexity index is 2020. The number of nitrogens with one attached hydrogen (secondary N) is 2. The van der Waals surface area contributed by atoms with Crippen molar-refractivity contribution in [3.63, 3.8) is 0 Å². The summed E-state index contributed by atoms with van der Waals surface area (Å²) >= 11 is 0. The Morgan fingerprint density at radius 2 is 1.06 bits per heavy atom. The Morgan fingerprint density at radius 1 is 0.574 bits per heavy atom. The summed E-state index contributed by atoms with van der Waals surface area (Å²) in [4.78, 5) is 16.7. The summed E-state index contributed by atoms with van der Waals surface area (Å²) in [6.07, 6.45) is -7.91. The molecule has 2 N–H and O–H groups in total. The normalized spacial score (nSPS) is 11.7. The summed E-state index contributed by atoms with van der Waals surface area (Å²) in [5.41, 5.74) is -0.720. The molecule has 0 saturated carbocycles. The van der Waals surface area contributed by atoms with Gasteiger partial charge in [0.05, 0.1) is 22.2 Å². The summed E-state index contributed by atoms with van der Waals surface area (Å²) < 4.78 is 104. The first-order chi connectivity index (χ1) is 22.3. The molecule has 6 nitrogen and oxygen atoms in total. The smallest absolute Gasteiger partial charge is 0.365 e. The molecule has 0 aliphatic rings. The molecule has 6 rings (SSSR count). The van der Waals surface area contributed by atoms with Gasteiger partial charge in [0, 0.05) is 23.9 Å². The van der Waals surface area contributed by atoms with Crippen LogP contribution in [0.1, 0.15) is 28.1 Å². The van der Waals surface area contributed by atoms with Crippen LogP contribution < -0.4 is 10.6 Å². The molecule has 0 aliphatic heterocycles. The van der Waals surface area contributed by atoms with E-state index in [0.717, 1.165) is 24.3 Å². The second kappa shape index (κ2) is 13.5. The van der Waals surface area contributed by atoms with Gasteiger partial charge in [-0.15, -0.1) is 0 Å². The predicted molar refractivity (Wildman–Crippen MR) is 161 cm³/mol. The number of anilines is 2. The summed E-state index contributed by atoms with van der Waals surface area (Å²) in [5.74, 6) is -0.474. The van der Waals surface area contributed by atoms with Gasteiger partial charge in [-0.2, -0.15) is 26.3 Å². The molecule has 0 amide bonds. The fraction of sp³-hybridized carbons (Fsp3) is 0.152. The van der Waals surface area contributed by atoms with Crippen molar-refractivity contribution in [3.8, 4) is 0 Å².